The summed E-state index contributed by atoms with van der Waals surface area (Å²) in [6.07, 6.45) is 0.00144. The molecule has 1 heterocycles. The van der Waals surface area contributed by atoms with Gasteiger partial charge in [-0.25, -0.2) is 13.2 Å². The molecule has 1 aliphatic rings. The van der Waals surface area contributed by atoms with Crippen molar-refractivity contribution in [3.63, 3.8) is 0 Å². The van der Waals surface area contributed by atoms with Gasteiger partial charge in [0.1, 0.15) is 5.75 Å². The van der Waals surface area contributed by atoms with E-state index in [4.69, 9.17) is 21.1 Å². The van der Waals surface area contributed by atoms with Crippen molar-refractivity contribution in [2.75, 3.05) is 29.5 Å². The Labute approximate surface area is 167 Å². The Morgan fingerprint density at radius 2 is 1.96 bits per heavy atom. The van der Waals surface area contributed by atoms with E-state index in [0.717, 1.165) is 6.26 Å². The topological polar surface area (TPSA) is 102 Å². The van der Waals surface area contributed by atoms with Gasteiger partial charge in [-0.1, -0.05) is 23.7 Å². The molecular formula is C18H17ClN2O6S. The average Bonchev–Trinajstić information content (AvgIpc) is 2.66. The van der Waals surface area contributed by atoms with E-state index in [9.17, 15) is 18.0 Å². The fourth-order valence-electron chi connectivity index (χ4n) is 2.77. The SMILES string of the molecule is COC(=O)[C@H]1CN(C(=O)c2ccc(Cl)c(NS(C)(=O)=O)c2)c2ccccc2O1. The molecule has 0 aromatic heterocycles. The molecule has 0 radical (unpaired) electrons. The van der Waals surface area contributed by atoms with Crippen LogP contribution in [-0.4, -0.2) is 46.3 Å². The second-order valence-electron chi connectivity index (χ2n) is 6.08. The molecule has 1 atom stereocenters. The lowest BCUT2D eigenvalue weighted by atomic mass is 10.1. The first-order valence-electron chi connectivity index (χ1n) is 8.12. The van der Waals surface area contributed by atoms with Crippen LogP contribution < -0.4 is 14.4 Å². The van der Waals surface area contributed by atoms with Crippen LogP contribution >= 0.6 is 11.6 Å². The number of hydrogen-bond donors (Lipinski definition) is 1. The number of benzene rings is 2. The molecule has 148 valence electrons. The van der Waals surface area contributed by atoms with Crippen LogP contribution in [0.2, 0.25) is 5.02 Å². The van der Waals surface area contributed by atoms with Crippen molar-refractivity contribution in [2.45, 2.75) is 6.10 Å². The van der Waals surface area contributed by atoms with Crippen LogP contribution in [0.5, 0.6) is 5.75 Å². The van der Waals surface area contributed by atoms with Crippen LogP contribution in [0.25, 0.3) is 0 Å². The highest BCUT2D eigenvalue weighted by molar-refractivity contribution is 7.92. The van der Waals surface area contributed by atoms with Gasteiger partial charge < -0.3 is 14.4 Å². The highest BCUT2D eigenvalue weighted by Crippen LogP contribution is 2.35. The fraction of sp³-hybridized carbons (Fsp3) is 0.222. The molecule has 10 heteroatoms. The number of carbonyl (C=O) groups excluding carboxylic acids is 2. The second kappa shape index (κ2) is 7.69. The third-order valence-corrected chi connectivity index (χ3v) is 4.91. The maximum atomic E-state index is 13.1. The Bertz CT molecular complexity index is 1040. The molecule has 3 rings (SSSR count). The molecule has 1 N–H and O–H groups in total. The first-order chi connectivity index (χ1) is 13.2. The fourth-order valence-corrected chi connectivity index (χ4v) is 3.56. The van der Waals surface area contributed by atoms with Crippen molar-refractivity contribution in [3.05, 3.63) is 53.1 Å². The zero-order chi connectivity index (χ0) is 20.5. The first kappa shape index (κ1) is 20.0. The Balaban J connectivity index is 1.99. The van der Waals surface area contributed by atoms with Crippen molar-refractivity contribution in [1.29, 1.82) is 0 Å². The molecule has 0 bridgehead atoms. The third kappa shape index (κ3) is 4.20. The molecule has 0 fully saturated rings. The van der Waals surface area contributed by atoms with Gasteiger partial charge in [0.15, 0.2) is 0 Å². The number of nitrogens with one attached hydrogen (secondary N) is 1. The summed E-state index contributed by atoms with van der Waals surface area (Å²) in [4.78, 5) is 26.5. The number of rotatable bonds is 4. The Morgan fingerprint density at radius 1 is 1.25 bits per heavy atom. The zero-order valence-corrected chi connectivity index (χ0v) is 16.6. The van der Waals surface area contributed by atoms with Crippen molar-refractivity contribution in [2.24, 2.45) is 0 Å². The molecule has 1 amide bonds. The number of hydrogen-bond acceptors (Lipinski definition) is 6. The lowest BCUT2D eigenvalue weighted by Crippen LogP contribution is -2.47. The van der Waals surface area contributed by atoms with Gasteiger partial charge in [-0.2, -0.15) is 0 Å². The minimum absolute atomic E-state index is 0.0556. The highest BCUT2D eigenvalue weighted by atomic mass is 35.5. The van der Waals surface area contributed by atoms with Crippen LogP contribution in [0.3, 0.4) is 0 Å². The van der Waals surface area contributed by atoms with Crippen LogP contribution in [0.4, 0.5) is 11.4 Å². The maximum absolute atomic E-state index is 13.1. The number of anilines is 2. The van der Waals surface area contributed by atoms with E-state index in [0.29, 0.717) is 11.4 Å². The summed E-state index contributed by atoms with van der Waals surface area (Å²) >= 11 is 6.02. The maximum Gasteiger partial charge on any atom is 0.348 e. The molecule has 0 aliphatic carbocycles. The van der Waals surface area contributed by atoms with E-state index >= 15 is 0 Å². The number of methoxy groups -OCH3 is 1. The average molecular weight is 425 g/mol. The van der Waals surface area contributed by atoms with Gasteiger partial charge in [0.2, 0.25) is 16.1 Å². The molecule has 8 nitrogen and oxygen atoms in total. The van der Waals surface area contributed by atoms with Crippen LogP contribution in [0.15, 0.2) is 42.5 Å². The van der Waals surface area contributed by atoms with Gasteiger partial charge in [-0.15, -0.1) is 0 Å². The smallest absolute Gasteiger partial charge is 0.348 e. The van der Waals surface area contributed by atoms with Gasteiger partial charge >= 0.3 is 5.97 Å². The predicted octanol–water partition coefficient (Wildman–Crippen LogP) is 2.29. The van der Waals surface area contributed by atoms with E-state index in [1.54, 1.807) is 24.3 Å². The first-order valence-corrected chi connectivity index (χ1v) is 10.4. The second-order valence-corrected chi connectivity index (χ2v) is 8.24. The number of amides is 1. The minimum Gasteiger partial charge on any atom is -0.475 e. The molecule has 0 unspecified atom stereocenters. The summed E-state index contributed by atoms with van der Waals surface area (Å²) < 4.78 is 35.7. The standard InChI is InChI=1S/C18H17ClN2O6S/c1-26-18(23)16-10-21(14-5-3-4-6-15(14)27-16)17(22)11-7-8-12(19)13(9-11)20-28(2,24)25/h3-9,16,20H,10H2,1-2H3/t16-/m1/s1. The summed E-state index contributed by atoms with van der Waals surface area (Å²) in [5, 5.41) is 0.150. The number of carbonyl (C=O) groups is 2. The lowest BCUT2D eigenvalue weighted by Gasteiger charge is -2.33. The number of esters is 1. The molecule has 0 saturated heterocycles. The van der Waals surface area contributed by atoms with E-state index in [1.807, 2.05) is 0 Å². The van der Waals surface area contributed by atoms with Crippen LogP contribution in [0, 0.1) is 0 Å². The van der Waals surface area contributed by atoms with E-state index in [1.165, 1.54) is 30.2 Å². The van der Waals surface area contributed by atoms with Crippen LogP contribution in [-0.2, 0) is 19.6 Å². The van der Waals surface area contributed by atoms with Crippen LogP contribution in [0.1, 0.15) is 10.4 Å². The number of sulfonamides is 1. The molecule has 1 aliphatic heterocycles. The Hall–Kier alpha value is -2.78. The lowest BCUT2D eigenvalue weighted by molar-refractivity contribution is -0.148. The van der Waals surface area contributed by atoms with Crippen molar-refractivity contribution in [3.8, 4) is 5.75 Å². The summed E-state index contributed by atoms with van der Waals surface area (Å²) in [5.74, 6) is -0.693. The monoisotopic (exact) mass is 424 g/mol. The van der Waals surface area contributed by atoms with Gasteiger partial charge in [0.05, 0.1) is 36.3 Å². The number of nitrogens with zero attached hydrogens (tertiary/aromatic N) is 1. The van der Waals surface area contributed by atoms with E-state index in [-0.39, 0.29) is 22.8 Å². The summed E-state index contributed by atoms with van der Waals surface area (Å²) in [7, 11) is -2.34. The minimum atomic E-state index is -3.58. The third-order valence-electron chi connectivity index (χ3n) is 3.99. The number of para-hydroxylation sites is 2. The number of fused-ring (bicyclic) bond motifs is 1. The van der Waals surface area contributed by atoms with Gasteiger partial charge in [0.25, 0.3) is 5.91 Å². The summed E-state index contributed by atoms with van der Waals surface area (Å²) in [5.41, 5.74) is 0.761. The Morgan fingerprint density at radius 3 is 2.64 bits per heavy atom. The molecule has 0 saturated carbocycles. The van der Waals surface area contributed by atoms with Gasteiger partial charge in [-0.3, -0.25) is 9.52 Å². The quantitative estimate of drug-likeness (QED) is 0.755. The van der Waals surface area contributed by atoms with Gasteiger partial charge in [0, 0.05) is 5.56 Å². The Kier molecular flexibility index (Phi) is 5.48. The van der Waals surface area contributed by atoms with Crippen molar-refractivity contribution >= 4 is 44.9 Å². The highest BCUT2D eigenvalue weighted by Gasteiger charge is 2.35. The number of halogens is 1. The molecular weight excluding hydrogens is 408 g/mol. The van der Waals surface area contributed by atoms with E-state index < -0.39 is 28.0 Å². The molecule has 2 aromatic rings. The summed E-state index contributed by atoms with van der Waals surface area (Å²) in [6.45, 7) is -0.0556. The predicted molar refractivity (Wildman–Crippen MR) is 104 cm³/mol. The normalized spacial score (nSPS) is 16.0. The molecule has 28 heavy (non-hydrogen) atoms. The molecule has 0 spiro atoms. The number of ether oxygens (including phenoxy) is 2. The van der Waals surface area contributed by atoms with E-state index in [2.05, 4.69) is 4.72 Å². The zero-order valence-electron chi connectivity index (χ0n) is 15.0. The summed E-state index contributed by atoms with van der Waals surface area (Å²) in [6, 6.07) is 11.0. The molecule has 2 aromatic carbocycles. The van der Waals surface area contributed by atoms with Crippen molar-refractivity contribution in [1.82, 2.24) is 0 Å². The largest absolute Gasteiger partial charge is 0.475 e. The van der Waals surface area contributed by atoms with Crippen molar-refractivity contribution < 1.29 is 27.5 Å². The van der Waals surface area contributed by atoms with Gasteiger partial charge in [-0.05, 0) is 30.3 Å².